The summed E-state index contributed by atoms with van der Waals surface area (Å²) in [6.07, 6.45) is 11.2. The first-order valence-electron chi connectivity index (χ1n) is 11.1. The number of carbonyl (C=O) groups excluding carboxylic acids is 1. The minimum Gasteiger partial charge on any atom is -0.368 e. The lowest BCUT2D eigenvalue weighted by Crippen LogP contribution is -2.34. The first kappa shape index (κ1) is 20.8. The lowest BCUT2D eigenvalue weighted by molar-refractivity contribution is -0.130. The number of unbranched alkanes of at least 4 members (excludes halogenated alkanes) is 5. The number of amides is 1. The number of aromatic nitrogens is 2. The number of nitrogens with one attached hydrogen (secondary N) is 1. The smallest absolute Gasteiger partial charge is 0.249 e. The Morgan fingerprint density at radius 2 is 2.00 bits per heavy atom. The summed E-state index contributed by atoms with van der Waals surface area (Å²) in [5.41, 5.74) is 2.31. The van der Waals surface area contributed by atoms with Crippen molar-refractivity contribution in [3.8, 4) is 0 Å². The van der Waals surface area contributed by atoms with Crippen LogP contribution >= 0.6 is 0 Å². The van der Waals surface area contributed by atoms with Crippen LogP contribution in [0.15, 0.2) is 24.3 Å². The van der Waals surface area contributed by atoms with Gasteiger partial charge in [-0.3, -0.25) is 4.79 Å². The summed E-state index contributed by atoms with van der Waals surface area (Å²) < 4.78 is 7.83. The van der Waals surface area contributed by atoms with E-state index in [2.05, 4.69) is 41.1 Å². The van der Waals surface area contributed by atoms with E-state index < -0.39 is 0 Å². The molecule has 0 bridgehead atoms. The Kier molecular flexibility index (Phi) is 8.34. The maximum absolute atomic E-state index is 12.1. The highest BCUT2D eigenvalue weighted by Crippen LogP contribution is 2.19. The third-order valence-corrected chi connectivity index (χ3v) is 5.57. The molecule has 1 N–H and O–H groups in total. The molecule has 5 nitrogen and oxygen atoms in total. The van der Waals surface area contributed by atoms with Crippen LogP contribution in [0.25, 0.3) is 11.0 Å². The van der Waals surface area contributed by atoms with Crippen LogP contribution in [-0.4, -0.2) is 34.7 Å². The number of hydrogen-bond donors (Lipinski definition) is 1. The number of ether oxygens (including phenoxy) is 1. The number of imidazole rings is 1. The van der Waals surface area contributed by atoms with Crippen molar-refractivity contribution < 1.29 is 9.53 Å². The number of carbonyl (C=O) groups is 1. The highest BCUT2D eigenvalue weighted by Gasteiger charge is 2.22. The fourth-order valence-corrected chi connectivity index (χ4v) is 3.97. The molecule has 1 aliphatic heterocycles. The number of aryl methyl sites for hydroxylation is 2. The van der Waals surface area contributed by atoms with Crippen molar-refractivity contribution in [1.29, 1.82) is 0 Å². The summed E-state index contributed by atoms with van der Waals surface area (Å²) in [5, 5.41) is 3.02. The number of hydrogen-bond acceptors (Lipinski definition) is 3. The molecule has 1 saturated heterocycles. The zero-order chi connectivity index (χ0) is 19.6. The van der Waals surface area contributed by atoms with Gasteiger partial charge in [0.15, 0.2) is 0 Å². The lowest BCUT2D eigenvalue weighted by atomic mass is 10.1. The average molecular weight is 386 g/mol. The molecule has 1 unspecified atom stereocenters. The molecule has 154 valence electrons. The summed E-state index contributed by atoms with van der Waals surface area (Å²) in [4.78, 5) is 16.9. The van der Waals surface area contributed by atoms with Gasteiger partial charge in [0.25, 0.3) is 0 Å². The molecule has 0 saturated carbocycles. The van der Waals surface area contributed by atoms with Gasteiger partial charge in [0.2, 0.25) is 5.91 Å². The van der Waals surface area contributed by atoms with Gasteiger partial charge in [0, 0.05) is 26.1 Å². The fraction of sp³-hybridized carbons (Fsp3) is 0.652. The summed E-state index contributed by atoms with van der Waals surface area (Å²) in [5.74, 6) is 1.18. The number of benzene rings is 1. The molecule has 1 aliphatic rings. The Labute approximate surface area is 168 Å². The number of rotatable bonds is 12. The van der Waals surface area contributed by atoms with E-state index in [0.717, 1.165) is 43.6 Å². The standard InChI is InChI=1S/C23H35N3O2/c1-2-3-4-5-6-9-17-26-20-13-8-7-12-19(20)25-22(26)15-10-16-24-23(27)21-14-11-18-28-21/h7-8,12-13,21H,2-6,9-11,14-18H2,1H3,(H,24,27). The molecule has 1 fully saturated rings. The summed E-state index contributed by atoms with van der Waals surface area (Å²) in [6.45, 7) is 4.68. The molecule has 1 atom stereocenters. The van der Waals surface area contributed by atoms with E-state index in [1.54, 1.807) is 0 Å². The normalized spacial score (nSPS) is 16.7. The van der Waals surface area contributed by atoms with Gasteiger partial charge in [0.05, 0.1) is 11.0 Å². The molecule has 2 heterocycles. The molecule has 1 amide bonds. The van der Waals surface area contributed by atoms with E-state index in [1.165, 1.54) is 44.0 Å². The first-order chi connectivity index (χ1) is 13.8. The van der Waals surface area contributed by atoms with Crippen LogP contribution in [0.5, 0.6) is 0 Å². The molecule has 0 spiro atoms. The van der Waals surface area contributed by atoms with Crippen LogP contribution in [0.4, 0.5) is 0 Å². The van der Waals surface area contributed by atoms with Crippen molar-refractivity contribution in [3.63, 3.8) is 0 Å². The van der Waals surface area contributed by atoms with Gasteiger partial charge in [-0.25, -0.2) is 4.98 Å². The van der Waals surface area contributed by atoms with Crippen molar-refractivity contribution in [2.75, 3.05) is 13.2 Å². The lowest BCUT2D eigenvalue weighted by Gasteiger charge is -2.11. The van der Waals surface area contributed by atoms with Crippen LogP contribution in [0.1, 0.15) is 70.5 Å². The summed E-state index contributed by atoms with van der Waals surface area (Å²) >= 11 is 0. The van der Waals surface area contributed by atoms with Crippen LogP contribution in [0, 0.1) is 0 Å². The van der Waals surface area contributed by atoms with E-state index in [0.29, 0.717) is 13.2 Å². The van der Waals surface area contributed by atoms with Crippen LogP contribution in [0.3, 0.4) is 0 Å². The van der Waals surface area contributed by atoms with Gasteiger partial charge < -0.3 is 14.6 Å². The van der Waals surface area contributed by atoms with Crippen LogP contribution in [-0.2, 0) is 22.5 Å². The molecule has 2 aromatic rings. The average Bonchev–Trinajstić information content (AvgIpc) is 3.36. The molecular weight excluding hydrogens is 350 g/mol. The topological polar surface area (TPSA) is 56.2 Å². The second-order valence-electron chi connectivity index (χ2n) is 7.83. The number of para-hydroxylation sites is 2. The van der Waals surface area contributed by atoms with Gasteiger partial charge in [-0.1, -0.05) is 51.2 Å². The van der Waals surface area contributed by atoms with Crippen molar-refractivity contribution >= 4 is 16.9 Å². The Bertz CT molecular complexity index is 735. The van der Waals surface area contributed by atoms with E-state index in [1.807, 2.05) is 0 Å². The summed E-state index contributed by atoms with van der Waals surface area (Å²) in [7, 11) is 0. The molecule has 5 heteroatoms. The van der Waals surface area contributed by atoms with Gasteiger partial charge >= 0.3 is 0 Å². The Balaban J connectivity index is 1.50. The third kappa shape index (κ3) is 5.81. The second-order valence-corrected chi connectivity index (χ2v) is 7.83. The minimum absolute atomic E-state index is 0.0399. The second kappa shape index (κ2) is 11.2. The van der Waals surface area contributed by atoms with Crippen molar-refractivity contribution in [3.05, 3.63) is 30.1 Å². The molecule has 0 aliphatic carbocycles. The van der Waals surface area contributed by atoms with Gasteiger partial charge in [-0.05, 0) is 37.8 Å². The maximum Gasteiger partial charge on any atom is 0.249 e. The van der Waals surface area contributed by atoms with Gasteiger partial charge in [-0.2, -0.15) is 0 Å². The van der Waals surface area contributed by atoms with E-state index in [-0.39, 0.29) is 12.0 Å². The zero-order valence-electron chi connectivity index (χ0n) is 17.3. The minimum atomic E-state index is -0.239. The van der Waals surface area contributed by atoms with Crippen LogP contribution < -0.4 is 5.32 Å². The van der Waals surface area contributed by atoms with Gasteiger partial charge in [-0.15, -0.1) is 0 Å². The molecule has 1 aromatic carbocycles. The van der Waals surface area contributed by atoms with Crippen molar-refractivity contribution in [1.82, 2.24) is 14.9 Å². The molecule has 1 aromatic heterocycles. The van der Waals surface area contributed by atoms with E-state index >= 15 is 0 Å². The SMILES string of the molecule is CCCCCCCCn1c(CCCNC(=O)C2CCCO2)nc2ccccc21. The zero-order valence-corrected chi connectivity index (χ0v) is 17.3. The quantitative estimate of drug-likeness (QED) is 0.542. The predicted octanol–water partition coefficient (Wildman–Crippen LogP) is 4.62. The first-order valence-corrected chi connectivity index (χ1v) is 11.1. The van der Waals surface area contributed by atoms with Crippen molar-refractivity contribution in [2.24, 2.45) is 0 Å². The molecule has 3 rings (SSSR count). The molecule has 0 radical (unpaired) electrons. The predicted molar refractivity (Wildman–Crippen MR) is 113 cm³/mol. The largest absolute Gasteiger partial charge is 0.368 e. The monoisotopic (exact) mass is 385 g/mol. The van der Waals surface area contributed by atoms with Crippen molar-refractivity contribution in [2.45, 2.75) is 83.8 Å². The van der Waals surface area contributed by atoms with E-state index in [4.69, 9.17) is 9.72 Å². The Morgan fingerprint density at radius 3 is 2.82 bits per heavy atom. The van der Waals surface area contributed by atoms with Crippen LogP contribution in [0.2, 0.25) is 0 Å². The Morgan fingerprint density at radius 1 is 1.18 bits per heavy atom. The third-order valence-electron chi connectivity index (χ3n) is 5.57. The number of nitrogens with zero attached hydrogens (tertiary/aromatic N) is 2. The molecule has 28 heavy (non-hydrogen) atoms. The molecular formula is C23H35N3O2. The van der Waals surface area contributed by atoms with Gasteiger partial charge in [0.1, 0.15) is 11.9 Å². The van der Waals surface area contributed by atoms with E-state index in [9.17, 15) is 4.79 Å². The number of fused-ring (bicyclic) bond motifs is 1. The highest BCUT2D eigenvalue weighted by molar-refractivity contribution is 5.80. The Hall–Kier alpha value is -1.88. The maximum atomic E-state index is 12.1. The fourth-order valence-electron chi connectivity index (χ4n) is 3.97. The highest BCUT2D eigenvalue weighted by atomic mass is 16.5. The summed E-state index contributed by atoms with van der Waals surface area (Å²) in [6, 6.07) is 8.40.